The van der Waals surface area contributed by atoms with Crippen LogP contribution >= 0.6 is 0 Å². The van der Waals surface area contributed by atoms with Crippen LogP contribution in [-0.4, -0.2) is 62.2 Å². The first-order valence-corrected chi connectivity index (χ1v) is 7.52. The molecule has 0 saturated carbocycles. The zero-order valence-corrected chi connectivity index (χ0v) is 12.7. The van der Waals surface area contributed by atoms with Gasteiger partial charge in [-0.1, -0.05) is 19.1 Å². The quantitative estimate of drug-likeness (QED) is 0.909. The van der Waals surface area contributed by atoms with Crippen molar-refractivity contribution in [3.05, 3.63) is 24.3 Å². The van der Waals surface area contributed by atoms with Crippen molar-refractivity contribution in [3.8, 4) is 5.75 Å². The lowest BCUT2D eigenvalue weighted by atomic mass is 10.1. The average Bonchev–Trinajstić information content (AvgIpc) is 2.79. The zero-order valence-electron chi connectivity index (χ0n) is 12.7. The van der Waals surface area contributed by atoms with Crippen LogP contribution in [0.5, 0.6) is 5.75 Å². The molecule has 0 aromatic heterocycles. The van der Waals surface area contributed by atoms with E-state index in [0.29, 0.717) is 6.04 Å². The molecular formula is C16H25N3O. The third-order valence-electron chi connectivity index (χ3n) is 4.47. The van der Waals surface area contributed by atoms with E-state index in [-0.39, 0.29) is 6.10 Å². The van der Waals surface area contributed by atoms with Crippen LogP contribution in [0.4, 0.5) is 5.69 Å². The summed E-state index contributed by atoms with van der Waals surface area (Å²) in [6, 6.07) is 8.86. The number of nitrogens with zero attached hydrogens (tertiary/aromatic N) is 2. The second-order valence-electron chi connectivity index (χ2n) is 6.34. The molecule has 2 heterocycles. The van der Waals surface area contributed by atoms with Gasteiger partial charge >= 0.3 is 0 Å². The molecule has 1 aromatic carbocycles. The second-order valence-corrected chi connectivity index (χ2v) is 6.34. The van der Waals surface area contributed by atoms with Gasteiger partial charge in [-0.05, 0) is 32.1 Å². The maximum atomic E-state index is 6.11. The van der Waals surface area contributed by atoms with Gasteiger partial charge in [0, 0.05) is 25.7 Å². The number of fused-ring (bicyclic) bond motifs is 1. The maximum absolute atomic E-state index is 6.11. The number of rotatable bonds is 3. The van der Waals surface area contributed by atoms with Crippen LogP contribution < -0.4 is 10.1 Å². The number of para-hydroxylation sites is 2. The predicted octanol–water partition coefficient (Wildman–Crippen LogP) is 1.74. The van der Waals surface area contributed by atoms with E-state index in [1.807, 2.05) is 18.2 Å². The molecular weight excluding hydrogens is 250 g/mol. The van der Waals surface area contributed by atoms with Crippen LogP contribution in [0.3, 0.4) is 0 Å². The van der Waals surface area contributed by atoms with Gasteiger partial charge in [0.25, 0.3) is 0 Å². The first-order valence-electron chi connectivity index (χ1n) is 7.52. The first-order chi connectivity index (χ1) is 9.63. The van der Waals surface area contributed by atoms with E-state index in [0.717, 1.165) is 37.0 Å². The summed E-state index contributed by atoms with van der Waals surface area (Å²) >= 11 is 0. The minimum absolute atomic E-state index is 0.248. The van der Waals surface area contributed by atoms with Crippen molar-refractivity contribution >= 4 is 5.69 Å². The molecule has 110 valence electrons. The number of anilines is 1. The molecule has 1 fully saturated rings. The van der Waals surface area contributed by atoms with E-state index in [1.165, 1.54) is 6.54 Å². The highest BCUT2D eigenvalue weighted by atomic mass is 16.5. The Labute approximate surface area is 121 Å². The Morgan fingerprint density at radius 2 is 2.10 bits per heavy atom. The minimum Gasteiger partial charge on any atom is -0.485 e. The van der Waals surface area contributed by atoms with E-state index in [2.05, 4.69) is 42.2 Å². The number of ether oxygens (including phenoxy) is 1. The van der Waals surface area contributed by atoms with Gasteiger partial charge in [0.2, 0.25) is 0 Å². The third kappa shape index (κ3) is 2.76. The molecule has 1 saturated heterocycles. The SMILES string of the molecule is CC1CN(CC2CNc3ccccc3O2)CC1N(C)C. The van der Waals surface area contributed by atoms with E-state index >= 15 is 0 Å². The van der Waals surface area contributed by atoms with Crippen LogP contribution in [0.15, 0.2) is 24.3 Å². The lowest BCUT2D eigenvalue weighted by molar-refractivity contribution is 0.145. The van der Waals surface area contributed by atoms with E-state index < -0.39 is 0 Å². The van der Waals surface area contributed by atoms with Crippen LogP contribution in [0.1, 0.15) is 6.92 Å². The molecule has 0 spiro atoms. The maximum Gasteiger partial charge on any atom is 0.142 e. The third-order valence-corrected chi connectivity index (χ3v) is 4.47. The van der Waals surface area contributed by atoms with E-state index in [9.17, 15) is 0 Å². The smallest absolute Gasteiger partial charge is 0.142 e. The van der Waals surface area contributed by atoms with E-state index in [4.69, 9.17) is 4.74 Å². The molecule has 1 aromatic rings. The molecule has 0 amide bonds. The fraction of sp³-hybridized carbons (Fsp3) is 0.625. The lowest BCUT2D eigenvalue weighted by Crippen LogP contribution is -2.42. The molecule has 20 heavy (non-hydrogen) atoms. The van der Waals surface area contributed by atoms with E-state index in [1.54, 1.807) is 0 Å². The Balaban J connectivity index is 1.58. The van der Waals surface area contributed by atoms with Gasteiger partial charge in [-0.3, -0.25) is 4.90 Å². The molecule has 3 unspecified atom stereocenters. The number of hydrogen-bond donors (Lipinski definition) is 1. The molecule has 0 aliphatic carbocycles. The van der Waals surface area contributed by atoms with Gasteiger partial charge in [0.1, 0.15) is 11.9 Å². The van der Waals surface area contributed by atoms with Crippen molar-refractivity contribution in [1.82, 2.24) is 9.80 Å². The lowest BCUT2D eigenvalue weighted by Gasteiger charge is -2.30. The molecule has 4 nitrogen and oxygen atoms in total. The highest BCUT2D eigenvalue weighted by Gasteiger charge is 2.33. The standard InChI is InChI=1S/C16H25N3O/c1-12-9-19(11-15(12)18(2)3)10-13-8-17-14-6-4-5-7-16(14)20-13/h4-7,12-13,15,17H,8-11H2,1-3H3. The Hall–Kier alpha value is -1.26. The Bertz CT molecular complexity index is 463. The summed E-state index contributed by atoms with van der Waals surface area (Å²) in [7, 11) is 4.36. The molecule has 3 atom stereocenters. The zero-order chi connectivity index (χ0) is 14.1. The molecule has 4 heteroatoms. The van der Waals surface area contributed by atoms with Gasteiger partial charge in [0.15, 0.2) is 0 Å². The number of likely N-dealkylation sites (tertiary alicyclic amines) is 1. The van der Waals surface area contributed by atoms with Gasteiger partial charge in [-0.25, -0.2) is 0 Å². The minimum atomic E-state index is 0.248. The number of likely N-dealkylation sites (N-methyl/N-ethyl adjacent to an activating group) is 1. The topological polar surface area (TPSA) is 27.7 Å². The van der Waals surface area contributed by atoms with Crippen molar-refractivity contribution in [2.75, 3.05) is 45.6 Å². The van der Waals surface area contributed by atoms with Crippen LogP contribution in [0.2, 0.25) is 0 Å². The van der Waals surface area contributed by atoms with Crippen molar-refractivity contribution < 1.29 is 4.74 Å². The fourth-order valence-electron chi connectivity index (χ4n) is 3.42. The van der Waals surface area contributed by atoms with Gasteiger partial charge in [-0.15, -0.1) is 0 Å². The van der Waals surface area contributed by atoms with Crippen molar-refractivity contribution in [3.63, 3.8) is 0 Å². The summed E-state index contributed by atoms with van der Waals surface area (Å²) in [6.07, 6.45) is 0.248. The Morgan fingerprint density at radius 3 is 2.85 bits per heavy atom. The normalized spacial score (nSPS) is 29.9. The monoisotopic (exact) mass is 275 g/mol. The summed E-state index contributed by atoms with van der Waals surface area (Å²) in [5, 5.41) is 3.47. The van der Waals surface area contributed by atoms with Gasteiger partial charge < -0.3 is 15.0 Å². The van der Waals surface area contributed by atoms with Crippen molar-refractivity contribution in [1.29, 1.82) is 0 Å². The second kappa shape index (κ2) is 5.62. The molecule has 0 bridgehead atoms. The average molecular weight is 275 g/mol. The summed E-state index contributed by atoms with van der Waals surface area (Å²) in [4.78, 5) is 4.88. The van der Waals surface area contributed by atoms with Crippen LogP contribution in [-0.2, 0) is 0 Å². The summed E-state index contributed by atoms with van der Waals surface area (Å²) in [6.45, 7) is 6.57. The first kappa shape index (κ1) is 13.7. The van der Waals surface area contributed by atoms with Crippen molar-refractivity contribution in [2.45, 2.75) is 19.1 Å². The number of benzene rings is 1. The molecule has 3 rings (SSSR count). The van der Waals surface area contributed by atoms with Gasteiger partial charge in [0.05, 0.1) is 12.2 Å². The largest absolute Gasteiger partial charge is 0.485 e. The number of hydrogen-bond acceptors (Lipinski definition) is 4. The molecule has 1 N–H and O–H groups in total. The molecule has 0 radical (unpaired) electrons. The fourth-order valence-corrected chi connectivity index (χ4v) is 3.42. The Kier molecular flexibility index (Phi) is 3.85. The predicted molar refractivity (Wildman–Crippen MR) is 82.4 cm³/mol. The van der Waals surface area contributed by atoms with Crippen molar-refractivity contribution in [2.24, 2.45) is 5.92 Å². The molecule has 2 aliphatic rings. The highest BCUT2D eigenvalue weighted by Crippen LogP contribution is 2.29. The van der Waals surface area contributed by atoms with Crippen LogP contribution in [0.25, 0.3) is 0 Å². The summed E-state index contributed by atoms with van der Waals surface area (Å²) < 4.78 is 6.11. The van der Waals surface area contributed by atoms with Gasteiger partial charge in [-0.2, -0.15) is 0 Å². The number of nitrogens with one attached hydrogen (secondary N) is 1. The summed E-state index contributed by atoms with van der Waals surface area (Å²) in [5.41, 5.74) is 1.12. The molecule has 2 aliphatic heterocycles. The summed E-state index contributed by atoms with van der Waals surface area (Å²) in [5.74, 6) is 1.72. The highest BCUT2D eigenvalue weighted by molar-refractivity contribution is 5.57. The van der Waals surface area contributed by atoms with Crippen LogP contribution in [0, 0.1) is 5.92 Å². The Morgan fingerprint density at radius 1 is 1.30 bits per heavy atom.